The van der Waals surface area contributed by atoms with Gasteiger partial charge in [-0.1, -0.05) is 24.3 Å². The summed E-state index contributed by atoms with van der Waals surface area (Å²) in [4.78, 5) is 15.9. The highest BCUT2D eigenvalue weighted by molar-refractivity contribution is 6.14. The maximum atomic E-state index is 14.1. The highest BCUT2D eigenvalue weighted by Gasteiger charge is 2.49. The van der Waals surface area contributed by atoms with Gasteiger partial charge in [0.15, 0.2) is 0 Å². The van der Waals surface area contributed by atoms with Crippen LogP contribution in [0.1, 0.15) is 55.0 Å². The SMILES string of the molecule is Cc1cccc(N2C(=O)C(C)(c3ccc4c(c3)CCC(C)(C)O4)c3cc(C#N)ccc32)c1. The lowest BCUT2D eigenvalue weighted by atomic mass is 9.76. The molecule has 1 atom stereocenters. The zero-order valence-corrected chi connectivity index (χ0v) is 18.9. The van der Waals surface area contributed by atoms with Crippen LogP contribution in [0.3, 0.4) is 0 Å². The van der Waals surface area contributed by atoms with E-state index in [-0.39, 0.29) is 11.5 Å². The van der Waals surface area contributed by atoms with Crippen LogP contribution in [-0.4, -0.2) is 11.5 Å². The number of carbonyl (C=O) groups is 1. The summed E-state index contributed by atoms with van der Waals surface area (Å²) in [5, 5.41) is 9.54. The third-order valence-electron chi connectivity index (χ3n) is 6.82. The van der Waals surface area contributed by atoms with Gasteiger partial charge in [0.2, 0.25) is 5.91 Å². The molecular formula is C28H26N2O2. The minimum atomic E-state index is -0.895. The van der Waals surface area contributed by atoms with Crippen molar-refractivity contribution >= 4 is 17.3 Å². The molecule has 1 amide bonds. The first-order valence-corrected chi connectivity index (χ1v) is 11.0. The van der Waals surface area contributed by atoms with Crippen molar-refractivity contribution in [3.8, 4) is 11.8 Å². The number of nitriles is 1. The highest BCUT2D eigenvalue weighted by atomic mass is 16.5. The largest absolute Gasteiger partial charge is 0.488 e. The number of anilines is 2. The Labute approximate surface area is 189 Å². The third kappa shape index (κ3) is 3.00. The normalized spacial score (nSPS) is 20.8. The molecule has 4 heteroatoms. The van der Waals surface area contributed by atoms with Crippen molar-refractivity contribution in [3.63, 3.8) is 0 Å². The van der Waals surface area contributed by atoms with Crippen LogP contribution in [0.4, 0.5) is 11.4 Å². The number of hydrogen-bond donors (Lipinski definition) is 0. The molecule has 5 rings (SSSR count). The van der Waals surface area contributed by atoms with Crippen molar-refractivity contribution in [1.29, 1.82) is 5.26 Å². The van der Waals surface area contributed by atoms with E-state index in [0.29, 0.717) is 5.56 Å². The van der Waals surface area contributed by atoms with Gasteiger partial charge in [0.25, 0.3) is 0 Å². The summed E-state index contributed by atoms with van der Waals surface area (Å²) in [6.45, 7) is 8.20. The van der Waals surface area contributed by atoms with Gasteiger partial charge >= 0.3 is 0 Å². The van der Waals surface area contributed by atoms with Crippen molar-refractivity contribution in [2.75, 3.05) is 4.90 Å². The van der Waals surface area contributed by atoms with Gasteiger partial charge in [-0.15, -0.1) is 0 Å². The van der Waals surface area contributed by atoms with E-state index in [1.54, 1.807) is 11.0 Å². The van der Waals surface area contributed by atoms with Crippen LogP contribution in [0.25, 0.3) is 0 Å². The number of nitrogens with zero attached hydrogens (tertiary/aromatic N) is 2. The summed E-state index contributed by atoms with van der Waals surface area (Å²) in [6.07, 6.45) is 1.84. The Balaban J connectivity index is 1.69. The molecule has 2 aliphatic heterocycles. The molecule has 0 aromatic heterocycles. The topological polar surface area (TPSA) is 53.3 Å². The summed E-state index contributed by atoms with van der Waals surface area (Å²) in [5.74, 6) is 0.880. The summed E-state index contributed by atoms with van der Waals surface area (Å²) >= 11 is 0. The van der Waals surface area contributed by atoms with Gasteiger partial charge in [-0.05, 0) is 99.2 Å². The van der Waals surface area contributed by atoms with Crippen LogP contribution in [0, 0.1) is 18.3 Å². The van der Waals surface area contributed by atoms with Crippen molar-refractivity contribution in [2.45, 2.75) is 51.6 Å². The zero-order chi connectivity index (χ0) is 22.7. The smallest absolute Gasteiger partial charge is 0.246 e. The molecule has 0 spiro atoms. The molecule has 3 aromatic rings. The number of rotatable bonds is 2. The van der Waals surface area contributed by atoms with Crippen LogP contribution in [-0.2, 0) is 16.6 Å². The van der Waals surface area contributed by atoms with Gasteiger partial charge in [0.1, 0.15) is 11.4 Å². The Kier molecular flexibility index (Phi) is 4.43. The van der Waals surface area contributed by atoms with Crippen LogP contribution in [0.2, 0.25) is 0 Å². The van der Waals surface area contributed by atoms with Crippen LogP contribution in [0.5, 0.6) is 5.75 Å². The van der Waals surface area contributed by atoms with E-state index in [2.05, 4.69) is 26.0 Å². The average molecular weight is 423 g/mol. The number of ether oxygens (including phenoxy) is 1. The van der Waals surface area contributed by atoms with Crippen LogP contribution >= 0.6 is 0 Å². The molecule has 2 heterocycles. The Morgan fingerprint density at radius 3 is 2.59 bits per heavy atom. The van der Waals surface area contributed by atoms with Gasteiger partial charge in [0.05, 0.1) is 22.7 Å². The molecule has 160 valence electrons. The number of carbonyl (C=O) groups excluding carboxylic acids is 1. The summed E-state index contributed by atoms with van der Waals surface area (Å²) in [6, 6.07) is 21.9. The number of amides is 1. The fourth-order valence-electron chi connectivity index (χ4n) is 4.92. The predicted molar refractivity (Wildman–Crippen MR) is 125 cm³/mol. The maximum Gasteiger partial charge on any atom is 0.246 e. The molecule has 0 aliphatic carbocycles. The van der Waals surface area contributed by atoms with E-state index >= 15 is 0 Å². The Bertz CT molecular complexity index is 1300. The second-order valence-electron chi connectivity index (χ2n) is 9.63. The lowest BCUT2D eigenvalue weighted by molar-refractivity contribution is -0.120. The standard InChI is InChI=1S/C28H26N2O2/c1-18-6-5-7-22(14-18)30-24-10-8-19(17-29)15-23(24)28(4,26(30)31)21-9-11-25-20(16-21)12-13-27(2,3)32-25/h5-11,14-16H,12-13H2,1-4H3. The third-order valence-corrected chi connectivity index (χ3v) is 6.82. The second-order valence-corrected chi connectivity index (χ2v) is 9.63. The monoisotopic (exact) mass is 422 g/mol. The summed E-state index contributed by atoms with van der Waals surface area (Å²) in [5.41, 5.74) is 5.15. The van der Waals surface area contributed by atoms with E-state index in [4.69, 9.17) is 4.74 Å². The molecule has 1 unspecified atom stereocenters. The maximum absolute atomic E-state index is 14.1. The minimum Gasteiger partial charge on any atom is -0.488 e. The molecule has 0 radical (unpaired) electrons. The minimum absolute atomic E-state index is 0.00908. The first-order chi connectivity index (χ1) is 15.2. The molecule has 0 fully saturated rings. The van der Waals surface area contributed by atoms with Crippen LogP contribution < -0.4 is 9.64 Å². The van der Waals surface area contributed by atoms with E-state index in [1.165, 1.54) is 0 Å². The van der Waals surface area contributed by atoms with E-state index in [0.717, 1.165) is 52.2 Å². The van der Waals surface area contributed by atoms with E-state index in [9.17, 15) is 10.1 Å². The fourth-order valence-corrected chi connectivity index (χ4v) is 4.92. The molecule has 3 aromatic carbocycles. The van der Waals surface area contributed by atoms with Crippen molar-refractivity contribution in [3.05, 3.63) is 88.5 Å². The number of benzene rings is 3. The second kappa shape index (κ2) is 6.97. The summed E-state index contributed by atoms with van der Waals surface area (Å²) < 4.78 is 6.17. The quantitative estimate of drug-likeness (QED) is 0.512. The molecule has 4 nitrogen and oxygen atoms in total. The Morgan fingerprint density at radius 2 is 1.84 bits per heavy atom. The van der Waals surface area contributed by atoms with Gasteiger partial charge in [0, 0.05) is 5.69 Å². The molecule has 2 aliphatic rings. The lowest BCUT2D eigenvalue weighted by Gasteiger charge is -2.34. The first-order valence-electron chi connectivity index (χ1n) is 11.0. The number of fused-ring (bicyclic) bond motifs is 2. The molecule has 0 saturated heterocycles. The van der Waals surface area contributed by atoms with Gasteiger partial charge in [-0.25, -0.2) is 0 Å². The van der Waals surface area contributed by atoms with Crippen molar-refractivity contribution < 1.29 is 9.53 Å². The van der Waals surface area contributed by atoms with E-state index in [1.807, 2.05) is 62.4 Å². The van der Waals surface area contributed by atoms with Gasteiger partial charge < -0.3 is 4.74 Å². The average Bonchev–Trinajstić information content (AvgIpc) is 3.00. The lowest BCUT2D eigenvalue weighted by Crippen LogP contribution is -2.37. The van der Waals surface area contributed by atoms with Crippen molar-refractivity contribution in [1.82, 2.24) is 0 Å². The Morgan fingerprint density at radius 1 is 1.03 bits per heavy atom. The Hall–Kier alpha value is -3.58. The number of aryl methyl sites for hydroxylation is 2. The van der Waals surface area contributed by atoms with Crippen LogP contribution in [0.15, 0.2) is 60.7 Å². The zero-order valence-electron chi connectivity index (χ0n) is 18.9. The fraction of sp³-hybridized carbons (Fsp3) is 0.286. The highest BCUT2D eigenvalue weighted by Crippen LogP contribution is 2.50. The van der Waals surface area contributed by atoms with Gasteiger partial charge in [-0.3, -0.25) is 9.69 Å². The van der Waals surface area contributed by atoms with E-state index < -0.39 is 5.41 Å². The molecule has 0 N–H and O–H groups in total. The first kappa shape index (κ1) is 20.3. The molecule has 0 saturated carbocycles. The predicted octanol–water partition coefficient (Wildman–Crippen LogP) is 5.95. The molecule has 0 bridgehead atoms. The summed E-state index contributed by atoms with van der Waals surface area (Å²) in [7, 11) is 0. The van der Waals surface area contributed by atoms with Gasteiger partial charge in [-0.2, -0.15) is 5.26 Å². The molecule has 32 heavy (non-hydrogen) atoms. The molecular weight excluding hydrogens is 396 g/mol. The number of hydrogen-bond acceptors (Lipinski definition) is 3. The van der Waals surface area contributed by atoms with Crippen molar-refractivity contribution in [2.24, 2.45) is 0 Å².